The van der Waals surface area contributed by atoms with Gasteiger partial charge in [0.05, 0.1) is 11.1 Å². The Bertz CT molecular complexity index is 1700. The Balaban J connectivity index is 1.37. The third-order valence-corrected chi connectivity index (χ3v) is 7.77. The lowest BCUT2D eigenvalue weighted by Gasteiger charge is -2.14. The summed E-state index contributed by atoms with van der Waals surface area (Å²) >= 11 is 1.50. The highest BCUT2D eigenvalue weighted by atomic mass is 32.2. The molecule has 0 aliphatic carbocycles. The molecule has 212 valence electrons. The van der Waals surface area contributed by atoms with Gasteiger partial charge in [0.15, 0.2) is 0 Å². The highest BCUT2D eigenvalue weighted by molar-refractivity contribution is 8.08. The lowest BCUT2D eigenvalue weighted by Crippen LogP contribution is -2.11. The summed E-state index contributed by atoms with van der Waals surface area (Å²) in [6, 6.07) is 31.2. The molecular weight excluding hydrogens is 568 g/mol. The molecular formula is C34H23F6NS. The second-order valence-corrected chi connectivity index (χ2v) is 10.7. The van der Waals surface area contributed by atoms with Crippen molar-refractivity contribution in [1.29, 1.82) is 0 Å². The van der Waals surface area contributed by atoms with E-state index in [1.165, 1.54) is 23.9 Å². The Morgan fingerprint density at radius 2 is 1.00 bits per heavy atom. The van der Waals surface area contributed by atoms with Gasteiger partial charge in [0, 0.05) is 15.5 Å². The van der Waals surface area contributed by atoms with Gasteiger partial charge in [-0.3, -0.25) is 0 Å². The van der Waals surface area contributed by atoms with E-state index in [4.69, 9.17) is 5.73 Å². The molecule has 0 heterocycles. The molecule has 0 saturated heterocycles. The van der Waals surface area contributed by atoms with E-state index in [1.54, 1.807) is 12.1 Å². The fourth-order valence-electron chi connectivity index (χ4n) is 4.47. The minimum atomic E-state index is -4.91. The number of hydrogen-bond acceptors (Lipinski definition) is 2. The van der Waals surface area contributed by atoms with E-state index in [0.29, 0.717) is 5.69 Å². The third-order valence-electron chi connectivity index (χ3n) is 6.69. The number of thioether (sulfide) groups is 1. The molecule has 0 aromatic heterocycles. The van der Waals surface area contributed by atoms with Crippen molar-refractivity contribution in [1.82, 2.24) is 0 Å². The van der Waals surface area contributed by atoms with Gasteiger partial charge in [0.1, 0.15) is 0 Å². The van der Waals surface area contributed by atoms with Crippen molar-refractivity contribution in [3.8, 4) is 33.4 Å². The zero-order valence-corrected chi connectivity index (χ0v) is 22.7. The van der Waals surface area contributed by atoms with E-state index < -0.39 is 23.5 Å². The monoisotopic (exact) mass is 591 g/mol. The zero-order valence-electron chi connectivity index (χ0n) is 21.9. The summed E-state index contributed by atoms with van der Waals surface area (Å²) in [5.74, 6) is 0. The van der Waals surface area contributed by atoms with Gasteiger partial charge >= 0.3 is 12.4 Å². The van der Waals surface area contributed by atoms with Crippen LogP contribution >= 0.6 is 11.8 Å². The quantitative estimate of drug-likeness (QED) is 0.121. The first-order valence-corrected chi connectivity index (χ1v) is 13.5. The molecule has 42 heavy (non-hydrogen) atoms. The highest BCUT2D eigenvalue weighted by Gasteiger charge is 2.37. The second-order valence-electron chi connectivity index (χ2n) is 9.59. The summed E-state index contributed by atoms with van der Waals surface area (Å²) < 4.78 is 79.8. The SMILES string of the molecule is C=C(Sc1ccccc1N)c1ccc(-c2cccc(-c3ccc(-c4cc(C(F)(F)F)cc(C(F)(F)F)c4)cc3)c2)cc1. The van der Waals surface area contributed by atoms with E-state index in [2.05, 4.69) is 6.58 Å². The van der Waals surface area contributed by atoms with Crippen LogP contribution in [0.4, 0.5) is 32.0 Å². The van der Waals surface area contributed by atoms with Crippen LogP contribution in [0.25, 0.3) is 38.3 Å². The molecule has 0 aliphatic heterocycles. The van der Waals surface area contributed by atoms with E-state index in [0.717, 1.165) is 49.8 Å². The van der Waals surface area contributed by atoms with Crippen molar-refractivity contribution in [3.05, 3.63) is 139 Å². The van der Waals surface area contributed by atoms with Crippen molar-refractivity contribution < 1.29 is 26.3 Å². The first-order valence-electron chi connectivity index (χ1n) is 12.7. The zero-order chi connectivity index (χ0) is 30.1. The summed E-state index contributed by atoms with van der Waals surface area (Å²) in [4.78, 5) is 1.79. The number of nitrogens with two attached hydrogens (primary N) is 1. The standard InChI is InChI=1S/C34H23F6NS/c1-21(42-32-8-3-2-7-31(32)41)22-9-11-23(12-10-22)26-5-4-6-27(17-26)24-13-15-25(16-14-24)28-18-29(33(35,36)37)20-30(19-28)34(38,39)40/h2-20H,1,41H2. The van der Waals surface area contributed by atoms with Crippen LogP contribution in [0, 0.1) is 0 Å². The summed E-state index contributed by atoms with van der Waals surface area (Å²) in [6.07, 6.45) is -9.81. The molecule has 5 aromatic carbocycles. The Kier molecular flexibility index (Phi) is 7.93. The molecule has 1 nitrogen and oxygen atoms in total. The number of benzene rings is 5. The number of alkyl halides is 6. The van der Waals surface area contributed by atoms with E-state index in [-0.39, 0.29) is 17.2 Å². The molecule has 0 spiro atoms. The summed E-state index contributed by atoms with van der Waals surface area (Å²) in [5.41, 5.74) is 8.62. The van der Waals surface area contributed by atoms with Crippen molar-refractivity contribution in [2.75, 3.05) is 5.73 Å². The lowest BCUT2D eigenvalue weighted by molar-refractivity contribution is -0.143. The Labute approximate surface area is 243 Å². The number of rotatable bonds is 6. The Morgan fingerprint density at radius 1 is 0.524 bits per heavy atom. The number of halogens is 6. The highest BCUT2D eigenvalue weighted by Crippen LogP contribution is 2.40. The number of para-hydroxylation sites is 1. The van der Waals surface area contributed by atoms with Gasteiger partial charge in [0.25, 0.3) is 0 Å². The number of anilines is 1. The molecule has 2 N–H and O–H groups in total. The van der Waals surface area contributed by atoms with Crippen LogP contribution in [0.5, 0.6) is 0 Å². The van der Waals surface area contributed by atoms with Gasteiger partial charge in [-0.1, -0.05) is 97.2 Å². The maximum absolute atomic E-state index is 13.3. The van der Waals surface area contributed by atoms with Gasteiger partial charge in [0.2, 0.25) is 0 Å². The molecule has 5 rings (SSSR count). The van der Waals surface area contributed by atoms with Gasteiger partial charge in [-0.15, -0.1) is 0 Å². The van der Waals surface area contributed by atoms with Crippen LogP contribution < -0.4 is 5.73 Å². The molecule has 0 radical (unpaired) electrons. The summed E-state index contributed by atoms with van der Waals surface area (Å²) in [6.45, 7) is 4.18. The molecule has 0 fully saturated rings. The lowest BCUT2D eigenvalue weighted by atomic mass is 9.95. The molecule has 0 unspecified atom stereocenters. The van der Waals surface area contributed by atoms with Crippen molar-refractivity contribution >= 4 is 22.4 Å². The normalized spacial score (nSPS) is 11.9. The molecule has 0 bridgehead atoms. The van der Waals surface area contributed by atoms with Crippen LogP contribution in [0.3, 0.4) is 0 Å². The van der Waals surface area contributed by atoms with Gasteiger partial charge in [-0.05, 0) is 75.3 Å². The first-order chi connectivity index (χ1) is 19.9. The largest absolute Gasteiger partial charge is 0.416 e. The molecule has 8 heteroatoms. The van der Waals surface area contributed by atoms with Gasteiger partial charge < -0.3 is 5.73 Å². The van der Waals surface area contributed by atoms with Crippen LogP contribution in [0.15, 0.2) is 127 Å². The topological polar surface area (TPSA) is 26.0 Å². The van der Waals surface area contributed by atoms with Crippen LogP contribution in [-0.2, 0) is 12.4 Å². The van der Waals surface area contributed by atoms with Crippen LogP contribution in [0.1, 0.15) is 16.7 Å². The summed E-state index contributed by atoms with van der Waals surface area (Å²) in [7, 11) is 0. The average Bonchev–Trinajstić information content (AvgIpc) is 2.97. The second kappa shape index (κ2) is 11.4. The van der Waals surface area contributed by atoms with Crippen molar-refractivity contribution in [3.63, 3.8) is 0 Å². The van der Waals surface area contributed by atoms with Crippen molar-refractivity contribution in [2.45, 2.75) is 17.2 Å². The number of hydrogen-bond donors (Lipinski definition) is 1. The smallest absolute Gasteiger partial charge is 0.398 e. The minimum Gasteiger partial charge on any atom is -0.398 e. The van der Waals surface area contributed by atoms with Crippen LogP contribution in [0.2, 0.25) is 0 Å². The fraction of sp³-hybridized carbons (Fsp3) is 0.0588. The molecule has 0 aliphatic rings. The molecule has 0 amide bonds. The predicted octanol–water partition coefficient (Wildman–Crippen LogP) is 11.1. The summed E-state index contributed by atoms with van der Waals surface area (Å²) in [5, 5.41) is 0. The van der Waals surface area contributed by atoms with E-state index in [9.17, 15) is 26.3 Å². The van der Waals surface area contributed by atoms with Gasteiger partial charge in [-0.25, -0.2) is 0 Å². The average molecular weight is 592 g/mol. The van der Waals surface area contributed by atoms with Crippen LogP contribution in [-0.4, -0.2) is 0 Å². The van der Waals surface area contributed by atoms with Gasteiger partial charge in [-0.2, -0.15) is 26.3 Å². The maximum Gasteiger partial charge on any atom is 0.416 e. The maximum atomic E-state index is 13.3. The molecule has 5 aromatic rings. The van der Waals surface area contributed by atoms with Crippen molar-refractivity contribution in [2.24, 2.45) is 0 Å². The third kappa shape index (κ3) is 6.55. The Hall–Kier alpha value is -4.43. The number of nitrogen functional groups attached to an aromatic ring is 1. The van der Waals surface area contributed by atoms with E-state index >= 15 is 0 Å². The Morgan fingerprint density at radius 3 is 1.50 bits per heavy atom. The van der Waals surface area contributed by atoms with E-state index in [1.807, 2.05) is 72.8 Å². The molecule has 0 saturated carbocycles. The fourth-order valence-corrected chi connectivity index (χ4v) is 5.32. The predicted molar refractivity (Wildman–Crippen MR) is 158 cm³/mol. The minimum absolute atomic E-state index is 0.129. The first kappa shape index (κ1) is 29.1. The molecule has 0 atom stereocenters.